The molecule has 0 spiro atoms. The molecule has 0 saturated carbocycles. The van der Waals surface area contributed by atoms with Gasteiger partial charge in [0.1, 0.15) is 11.4 Å². The van der Waals surface area contributed by atoms with Crippen molar-refractivity contribution in [2.24, 2.45) is 11.7 Å². The Kier molecular flexibility index (Phi) is 12.4. The molecule has 1 saturated heterocycles. The molecule has 1 aliphatic rings. The molecule has 2 amide bonds. The molecule has 4 rings (SSSR count). The lowest BCUT2D eigenvalue weighted by Gasteiger charge is -2.37. The topological polar surface area (TPSA) is 160 Å². The number of nitrogen functional groups attached to an aromatic ring is 1. The van der Waals surface area contributed by atoms with Crippen molar-refractivity contribution in [1.29, 1.82) is 0 Å². The summed E-state index contributed by atoms with van der Waals surface area (Å²) < 4.78 is 32.7. The molecule has 0 bridgehead atoms. The maximum absolute atomic E-state index is 13.8. The standard InChI is InChI=1S/C35H48N6O5S/c1-24(2)21-31(47(44,45)28-17-15-27(36)16-18-28)39-29-22-38-23-30(29)40(3)19-20-41(35(43)46-4)33(34(37)42)32(25-11-7-5-8-12-25)26-13-9-6-10-14-26/h5-18,24,29-33,38-39H,19-23,36H2,1-4H3,(H2,37,42)/t29-,30-,31?,33+/m1/s1. The highest BCUT2D eigenvalue weighted by atomic mass is 32.2. The zero-order valence-electron chi connectivity index (χ0n) is 27.6. The second kappa shape index (κ2) is 16.2. The number of amides is 2. The fourth-order valence-corrected chi connectivity index (χ4v) is 8.18. The molecule has 0 radical (unpaired) electrons. The molecule has 3 aromatic rings. The smallest absolute Gasteiger partial charge is 0.410 e. The fourth-order valence-electron chi connectivity index (χ4n) is 6.34. The minimum absolute atomic E-state index is 0.100. The van der Waals surface area contributed by atoms with E-state index in [0.717, 1.165) is 11.1 Å². The summed E-state index contributed by atoms with van der Waals surface area (Å²) in [6.45, 7) is 5.69. The zero-order chi connectivity index (χ0) is 34.1. The highest BCUT2D eigenvalue weighted by Gasteiger charge is 2.40. The molecule has 1 fully saturated rings. The molecular formula is C35H48N6O5S. The van der Waals surface area contributed by atoms with E-state index >= 15 is 0 Å². The van der Waals surface area contributed by atoms with E-state index < -0.39 is 39.2 Å². The van der Waals surface area contributed by atoms with E-state index in [-0.39, 0.29) is 29.4 Å². The van der Waals surface area contributed by atoms with Crippen molar-refractivity contribution < 1.29 is 22.7 Å². The molecule has 0 aliphatic carbocycles. The first kappa shape index (κ1) is 35.9. The van der Waals surface area contributed by atoms with Crippen LogP contribution in [0.4, 0.5) is 10.5 Å². The molecule has 1 aliphatic heterocycles. The van der Waals surface area contributed by atoms with Crippen molar-refractivity contribution in [3.05, 3.63) is 96.1 Å². The summed E-state index contributed by atoms with van der Waals surface area (Å²) in [6.07, 6.45) is -0.235. The van der Waals surface area contributed by atoms with Crippen LogP contribution in [-0.4, -0.2) is 94.1 Å². The van der Waals surface area contributed by atoms with Crippen LogP contribution >= 0.6 is 0 Å². The number of benzene rings is 3. The predicted molar refractivity (Wildman–Crippen MR) is 184 cm³/mol. The van der Waals surface area contributed by atoms with E-state index in [0.29, 0.717) is 31.7 Å². The summed E-state index contributed by atoms with van der Waals surface area (Å²) in [4.78, 5) is 30.2. The van der Waals surface area contributed by atoms with Gasteiger partial charge in [-0.1, -0.05) is 74.5 Å². The Hall–Kier alpha value is -3.97. The number of nitrogens with two attached hydrogens (primary N) is 2. The fraction of sp³-hybridized carbons (Fsp3) is 0.429. The lowest BCUT2D eigenvalue weighted by atomic mass is 9.84. The van der Waals surface area contributed by atoms with Gasteiger partial charge in [-0.05, 0) is 54.8 Å². The SMILES string of the molecule is COC(=O)N(CCN(C)[C@@H]1CNC[C@H]1NC(CC(C)C)S(=O)(=O)c1ccc(N)cc1)[C@H](C(N)=O)C(c1ccccc1)c1ccccc1. The van der Waals surface area contributed by atoms with Crippen LogP contribution in [0.1, 0.15) is 37.3 Å². The first-order valence-electron chi connectivity index (χ1n) is 15.9. The number of ether oxygens (including phenoxy) is 1. The molecule has 11 nitrogen and oxygen atoms in total. The Morgan fingerprint density at radius 2 is 1.51 bits per heavy atom. The Morgan fingerprint density at radius 1 is 0.936 bits per heavy atom. The van der Waals surface area contributed by atoms with Crippen LogP contribution in [0.25, 0.3) is 0 Å². The van der Waals surface area contributed by atoms with Gasteiger partial charge in [0.15, 0.2) is 9.84 Å². The van der Waals surface area contributed by atoms with Gasteiger partial charge in [0.25, 0.3) is 0 Å². The largest absolute Gasteiger partial charge is 0.453 e. The Labute approximate surface area is 278 Å². The maximum Gasteiger partial charge on any atom is 0.410 e. The van der Waals surface area contributed by atoms with E-state index in [2.05, 4.69) is 15.5 Å². The van der Waals surface area contributed by atoms with E-state index in [1.165, 1.54) is 12.0 Å². The van der Waals surface area contributed by atoms with Crippen LogP contribution in [0.5, 0.6) is 0 Å². The van der Waals surface area contributed by atoms with Crippen molar-refractivity contribution in [3.63, 3.8) is 0 Å². The molecule has 1 unspecified atom stereocenters. The van der Waals surface area contributed by atoms with Gasteiger partial charge in [0.05, 0.1) is 12.0 Å². The average Bonchev–Trinajstić information content (AvgIpc) is 3.52. The van der Waals surface area contributed by atoms with Crippen molar-refractivity contribution in [2.75, 3.05) is 46.1 Å². The van der Waals surface area contributed by atoms with Crippen molar-refractivity contribution in [2.45, 2.75) is 54.6 Å². The number of methoxy groups -OCH3 is 1. The Bertz CT molecular complexity index is 1520. The van der Waals surface area contributed by atoms with Crippen LogP contribution in [0.15, 0.2) is 89.8 Å². The summed E-state index contributed by atoms with van der Waals surface area (Å²) in [7, 11) is -0.491. The van der Waals surface area contributed by atoms with E-state index in [9.17, 15) is 18.0 Å². The van der Waals surface area contributed by atoms with Crippen LogP contribution in [-0.2, 0) is 19.4 Å². The number of likely N-dealkylation sites (N-methyl/N-ethyl adjacent to an activating group) is 1. The predicted octanol–water partition coefficient (Wildman–Crippen LogP) is 3.03. The van der Waals surface area contributed by atoms with Crippen LogP contribution < -0.4 is 22.1 Å². The first-order valence-corrected chi connectivity index (χ1v) is 17.5. The van der Waals surface area contributed by atoms with E-state index in [1.54, 1.807) is 24.3 Å². The molecular weight excluding hydrogens is 616 g/mol. The third kappa shape index (κ3) is 8.89. The third-order valence-electron chi connectivity index (χ3n) is 8.78. The minimum Gasteiger partial charge on any atom is -0.453 e. The molecule has 4 atom stereocenters. The number of nitrogens with zero attached hydrogens (tertiary/aromatic N) is 2. The summed E-state index contributed by atoms with van der Waals surface area (Å²) in [5, 5.41) is 6.03. The molecule has 0 aromatic heterocycles. The summed E-state index contributed by atoms with van der Waals surface area (Å²) in [5.41, 5.74) is 14.1. The van der Waals surface area contributed by atoms with Crippen molar-refractivity contribution >= 4 is 27.5 Å². The number of rotatable bonds is 15. The number of carbonyl (C=O) groups is 2. The van der Waals surface area contributed by atoms with E-state index in [4.69, 9.17) is 16.2 Å². The number of anilines is 1. The molecule has 12 heteroatoms. The van der Waals surface area contributed by atoms with Gasteiger partial charge in [-0.3, -0.25) is 19.9 Å². The second-order valence-corrected chi connectivity index (χ2v) is 14.7. The first-order chi connectivity index (χ1) is 22.4. The highest BCUT2D eigenvalue weighted by molar-refractivity contribution is 7.92. The molecule has 47 heavy (non-hydrogen) atoms. The number of primary amides is 1. The van der Waals surface area contributed by atoms with Crippen LogP contribution in [0, 0.1) is 5.92 Å². The van der Waals surface area contributed by atoms with Crippen molar-refractivity contribution in [1.82, 2.24) is 20.4 Å². The van der Waals surface area contributed by atoms with Crippen molar-refractivity contribution in [3.8, 4) is 0 Å². The molecule has 1 heterocycles. The maximum atomic E-state index is 13.8. The quantitative estimate of drug-likeness (QED) is 0.179. The summed E-state index contributed by atoms with van der Waals surface area (Å²) >= 11 is 0. The third-order valence-corrected chi connectivity index (χ3v) is 10.8. The zero-order valence-corrected chi connectivity index (χ0v) is 28.4. The molecule has 3 aromatic carbocycles. The summed E-state index contributed by atoms with van der Waals surface area (Å²) in [6, 6.07) is 24.0. The average molecular weight is 665 g/mol. The van der Waals surface area contributed by atoms with Crippen LogP contribution in [0.3, 0.4) is 0 Å². The lowest BCUT2D eigenvalue weighted by molar-refractivity contribution is -0.123. The molecule has 6 N–H and O–H groups in total. The van der Waals surface area contributed by atoms with Crippen LogP contribution in [0.2, 0.25) is 0 Å². The van der Waals surface area contributed by atoms with E-state index in [1.807, 2.05) is 81.6 Å². The van der Waals surface area contributed by atoms with Gasteiger partial charge in [0.2, 0.25) is 5.91 Å². The van der Waals surface area contributed by atoms with Gasteiger partial charge in [0, 0.05) is 49.9 Å². The minimum atomic E-state index is -3.71. The number of hydrogen-bond acceptors (Lipinski definition) is 9. The number of sulfone groups is 1. The molecule has 254 valence electrons. The Morgan fingerprint density at radius 3 is 2.02 bits per heavy atom. The normalized spacial score (nSPS) is 17.9. The van der Waals surface area contributed by atoms with Gasteiger partial charge in [-0.15, -0.1) is 0 Å². The number of hydrogen-bond donors (Lipinski definition) is 4. The second-order valence-electron chi connectivity index (χ2n) is 12.5. The van der Waals surface area contributed by atoms with Gasteiger partial charge in [-0.25, -0.2) is 13.2 Å². The monoisotopic (exact) mass is 664 g/mol. The number of nitrogens with one attached hydrogen (secondary N) is 2. The summed E-state index contributed by atoms with van der Waals surface area (Å²) in [5.74, 6) is -1.05. The Balaban J connectivity index is 1.57. The van der Waals surface area contributed by atoms with Gasteiger partial charge >= 0.3 is 6.09 Å². The van der Waals surface area contributed by atoms with Gasteiger partial charge < -0.3 is 21.5 Å². The number of carbonyl (C=O) groups excluding carboxylic acids is 2. The lowest BCUT2D eigenvalue weighted by Crippen LogP contribution is -2.56. The highest BCUT2D eigenvalue weighted by Crippen LogP contribution is 2.32. The van der Waals surface area contributed by atoms with Gasteiger partial charge in [-0.2, -0.15) is 0 Å².